The first kappa shape index (κ1) is 6.85. The summed E-state index contributed by atoms with van der Waals surface area (Å²) in [5.41, 5.74) is 10.1. The van der Waals surface area contributed by atoms with E-state index in [1.807, 2.05) is 0 Å². The van der Waals surface area contributed by atoms with Crippen LogP contribution in [0.3, 0.4) is 0 Å². The van der Waals surface area contributed by atoms with E-state index in [-0.39, 0.29) is 17.9 Å². The molecule has 1 rings (SSSR count). The van der Waals surface area contributed by atoms with Gasteiger partial charge in [0.05, 0.1) is 12.0 Å². The predicted molar refractivity (Wildman–Crippen MR) is 35.3 cm³/mol. The van der Waals surface area contributed by atoms with Crippen LogP contribution in [0.2, 0.25) is 0 Å². The van der Waals surface area contributed by atoms with E-state index in [1.165, 1.54) is 0 Å². The fourth-order valence-corrected chi connectivity index (χ4v) is 0.781. The standard InChI is InChI=1S/C5H9N3O2/c6-5(7)8-3-1-2(3)4(9)10/h2-3H,1H2,(H,9,10)(H4,6,7,8)/t2-,3+/m0/s1. The lowest BCUT2D eigenvalue weighted by molar-refractivity contribution is -0.138. The molecular weight excluding hydrogens is 134 g/mol. The van der Waals surface area contributed by atoms with Crippen LogP contribution in [-0.4, -0.2) is 23.1 Å². The summed E-state index contributed by atoms with van der Waals surface area (Å²) < 4.78 is 0. The molecule has 0 aromatic carbocycles. The summed E-state index contributed by atoms with van der Waals surface area (Å²) in [5.74, 6) is -1.22. The van der Waals surface area contributed by atoms with E-state index in [9.17, 15) is 4.79 Å². The molecule has 1 aliphatic carbocycles. The normalized spacial score (nSPS) is 29.2. The van der Waals surface area contributed by atoms with Crippen LogP contribution in [0.5, 0.6) is 0 Å². The number of hydrogen-bond acceptors (Lipinski definition) is 2. The van der Waals surface area contributed by atoms with E-state index in [2.05, 4.69) is 4.99 Å². The fourth-order valence-electron chi connectivity index (χ4n) is 0.781. The zero-order chi connectivity index (χ0) is 7.72. The highest BCUT2D eigenvalue weighted by Gasteiger charge is 2.43. The second-order valence-electron chi connectivity index (χ2n) is 2.30. The summed E-state index contributed by atoms with van der Waals surface area (Å²) in [6.45, 7) is 0. The van der Waals surface area contributed by atoms with Gasteiger partial charge in [0.25, 0.3) is 0 Å². The molecule has 0 radical (unpaired) electrons. The van der Waals surface area contributed by atoms with Gasteiger partial charge in [0.15, 0.2) is 5.96 Å². The number of rotatable bonds is 2. The summed E-state index contributed by atoms with van der Waals surface area (Å²) in [7, 11) is 0. The maximum Gasteiger partial charge on any atom is 0.308 e. The number of aliphatic imine (C=N–C) groups is 1. The second-order valence-corrected chi connectivity index (χ2v) is 2.30. The van der Waals surface area contributed by atoms with Gasteiger partial charge < -0.3 is 16.6 Å². The van der Waals surface area contributed by atoms with Gasteiger partial charge in [-0.05, 0) is 6.42 Å². The Balaban J connectivity index is 2.40. The number of carboxylic acid groups (broad SMARTS) is 1. The van der Waals surface area contributed by atoms with Gasteiger partial charge in [-0.3, -0.25) is 4.79 Å². The molecule has 56 valence electrons. The molecule has 5 N–H and O–H groups in total. The Hall–Kier alpha value is -1.26. The maximum absolute atomic E-state index is 10.2. The second kappa shape index (κ2) is 2.17. The molecule has 5 heteroatoms. The third-order valence-electron chi connectivity index (χ3n) is 1.39. The van der Waals surface area contributed by atoms with Gasteiger partial charge in [-0.15, -0.1) is 0 Å². The number of hydrogen-bond donors (Lipinski definition) is 3. The molecule has 0 aliphatic heterocycles. The fraction of sp³-hybridized carbons (Fsp3) is 0.600. The Labute approximate surface area is 57.7 Å². The van der Waals surface area contributed by atoms with Gasteiger partial charge in [-0.25, -0.2) is 4.99 Å². The Bertz CT molecular complexity index is 185. The predicted octanol–water partition coefficient (Wildman–Crippen LogP) is -1.27. The number of carbonyl (C=O) groups is 1. The van der Waals surface area contributed by atoms with Crippen molar-refractivity contribution in [3.8, 4) is 0 Å². The van der Waals surface area contributed by atoms with Gasteiger partial charge in [0.1, 0.15) is 0 Å². The van der Waals surface area contributed by atoms with Crippen molar-refractivity contribution in [3.63, 3.8) is 0 Å². The van der Waals surface area contributed by atoms with Crippen molar-refractivity contribution in [2.75, 3.05) is 0 Å². The highest BCUT2D eigenvalue weighted by Crippen LogP contribution is 2.33. The van der Waals surface area contributed by atoms with E-state index in [4.69, 9.17) is 16.6 Å². The molecule has 0 amide bonds. The van der Waals surface area contributed by atoms with Crippen LogP contribution in [0.4, 0.5) is 0 Å². The molecule has 0 aromatic heterocycles. The highest BCUT2D eigenvalue weighted by molar-refractivity contribution is 5.79. The number of nitrogens with zero attached hydrogens (tertiary/aromatic N) is 1. The van der Waals surface area contributed by atoms with Gasteiger partial charge >= 0.3 is 5.97 Å². The lowest BCUT2D eigenvalue weighted by Crippen LogP contribution is -2.23. The number of nitrogens with two attached hydrogens (primary N) is 2. The van der Waals surface area contributed by atoms with Crippen molar-refractivity contribution in [2.24, 2.45) is 22.4 Å². The van der Waals surface area contributed by atoms with Crippen LogP contribution in [0.25, 0.3) is 0 Å². The molecule has 0 aromatic rings. The third-order valence-corrected chi connectivity index (χ3v) is 1.39. The third kappa shape index (κ3) is 1.37. The van der Waals surface area contributed by atoms with Crippen LogP contribution in [-0.2, 0) is 4.79 Å². The number of guanidine groups is 1. The lowest BCUT2D eigenvalue weighted by Gasteiger charge is -1.88. The molecule has 0 unspecified atom stereocenters. The van der Waals surface area contributed by atoms with Crippen LogP contribution in [0.15, 0.2) is 4.99 Å². The average Bonchev–Trinajstić information content (AvgIpc) is 2.43. The minimum atomic E-state index is -0.824. The molecule has 1 saturated carbocycles. The highest BCUT2D eigenvalue weighted by atomic mass is 16.4. The minimum absolute atomic E-state index is 0.0336. The SMILES string of the molecule is NC(N)=N[C@@H]1C[C@@H]1C(=O)O. The number of aliphatic carboxylic acids is 1. The largest absolute Gasteiger partial charge is 0.481 e. The first-order valence-corrected chi connectivity index (χ1v) is 2.93. The molecule has 2 atom stereocenters. The van der Waals surface area contributed by atoms with Crippen molar-refractivity contribution >= 4 is 11.9 Å². The molecule has 0 spiro atoms. The van der Waals surface area contributed by atoms with Crippen molar-refractivity contribution in [3.05, 3.63) is 0 Å². The molecule has 0 bridgehead atoms. The van der Waals surface area contributed by atoms with Crippen molar-refractivity contribution in [1.82, 2.24) is 0 Å². The van der Waals surface area contributed by atoms with Crippen LogP contribution >= 0.6 is 0 Å². The summed E-state index contributed by atoms with van der Waals surface area (Å²) in [6.07, 6.45) is 0.563. The first-order valence-electron chi connectivity index (χ1n) is 2.93. The van der Waals surface area contributed by atoms with Crippen LogP contribution in [0.1, 0.15) is 6.42 Å². The van der Waals surface area contributed by atoms with Gasteiger partial charge in [0.2, 0.25) is 0 Å². The summed E-state index contributed by atoms with van der Waals surface area (Å²) >= 11 is 0. The van der Waals surface area contributed by atoms with E-state index in [1.54, 1.807) is 0 Å². The van der Waals surface area contributed by atoms with Crippen molar-refractivity contribution < 1.29 is 9.90 Å². The molecule has 1 aliphatic rings. The molecule has 5 nitrogen and oxygen atoms in total. The van der Waals surface area contributed by atoms with Crippen LogP contribution < -0.4 is 11.5 Å². The summed E-state index contributed by atoms with van der Waals surface area (Å²) in [4.78, 5) is 13.9. The molecule has 10 heavy (non-hydrogen) atoms. The van der Waals surface area contributed by atoms with E-state index in [0.717, 1.165) is 0 Å². The smallest absolute Gasteiger partial charge is 0.308 e. The molecule has 0 heterocycles. The monoisotopic (exact) mass is 143 g/mol. The molecule has 0 saturated heterocycles. The van der Waals surface area contributed by atoms with E-state index >= 15 is 0 Å². The lowest BCUT2D eigenvalue weighted by atomic mass is 10.4. The Morgan fingerprint density at radius 1 is 1.60 bits per heavy atom. The van der Waals surface area contributed by atoms with Gasteiger partial charge in [0, 0.05) is 0 Å². The topological polar surface area (TPSA) is 102 Å². The quantitative estimate of drug-likeness (QED) is 0.331. The van der Waals surface area contributed by atoms with Crippen molar-refractivity contribution in [2.45, 2.75) is 12.5 Å². The summed E-state index contributed by atoms with van der Waals surface area (Å²) in [5, 5.41) is 8.39. The van der Waals surface area contributed by atoms with Gasteiger partial charge in [-0.1, -0.05) is 0 Å². The minimum Gasteiger partial charge on any atom is -0.481 e. The van der Waals surface area contributed by atoms with Crippen LogP contribution in [0, 0.1) is 5.92 Å². The van der Waals surface area contributed by atoms with Crippen molar-refractivity contribution in [1.29, 1.82) is 0 Å². The first-order chi connectivity index (χ1) is 4.61. The Kier molecular flexibility index (Phi) is 1.48. The maximum atomic E-state index is 10.2. The Morgan fingerprint density at radius 3 is 2.50 bits per heavy atom. The number of carboxylic acids is 1. The zero-order valence-corrected chi connectivity index (χ0v) is 5.32. The zero-order valence-electron chi connectivity index (χ0n) is 5.32. The molecular formula is C5H9N3O2. The Morgan fingerprint density at radius 2 is 2.20 bits per heavy atom. The van der Waals surface area contributed by atoms with E-state index < -0.39 is 5.97 Å². The van der Waals surface area contributed by atoms with Gasteiger partial charge in [-0.2, -0.15) is 0 Å². The summed E-state index contributed by atoms with van der Waals surface area (Å²) in [6, 6.07) is -0.178. The van der Waals surface area contributed by atoms with E-state index in [0.29, 0.717) is 6.42 Å². The average molecular weight is 143 g/mol. The molecule has 1 fully saturated rings.